The van der Waals surface area contributed by atoms with Gasteiger partial charge in [0.05, 0.1) is 10.6 Å². The third kappa shape index (κ3) is 2.31. The number of hydrogen-bond acceptors (Lipinski definition) is 2. The van der Waals surface area contributed by atoms with Crippen LogP contribution in [0.25, 0.3) is 0 Å². The van der Waals surface area contributed by atoms with Crippen molar-refractivity contribution in [2.45, 2.75) is 65.3 Å². The first kappa shape index (κ1) is 14.5. The fourth-order valence-corrected chi connectivity index (χ4v) is 4.08. The quantitative estimate of drug-likeness (QED) is 0.756. The van der Waals surface area contributed by atoms with Gasteiger partial charge in [-0.25, -0.2) is 0 Å². The highest BCUT2D eigenvalue weighted by Gasteiger charge is 2.55. The summed E-state index contributed by atoms with van der Waals surface area (Å²) in [6, 6.07) is 0. The zero-order valence-electron chi connectivity index (χ0n) is 12.6. The maximum Gasteiger partial charge on any atom is 0.242 e. The number of nitroso groups, excluding NO2 is 1. The molecular weight excluding hydrogens is 240 g/mol. The zero-order chi connectivity index (χ0) is 14.3. The van der Waals surface area contributed by atoms with Crippen molar-refractivity contribution >= 4 is 0 Å². The van der Waals surface area contributed by atoms with E-state index >= 15 is 0 Å². The Bertz CT molecular complexity index is 410. The van der Waals surface area contributed by atoms with Crippen LogP contribution in [0.5, 0.6) is 0 Å². The molecule has 0 bridgehead atoms. The molecule has 1 heterocycles. The van der Waals surface area contributed by atoms with Crippen LogP contribution in [0.3, 0.4) is 0 Å². The lowest BCUT2D eigenvalue weighted by Crippen LogP contribution is -2.50. The van der Waals surface area contributed by atoms with Crippen LogP contribution in [0.4, 0.5) is 0 Å². The third-order valence-electron chi connectivity index (χ3n) is 5.15. The molecule has 1 aliphatic carbocycles. The van der Waals surface area contributed by atoms with Crippen LogP contribution in [0.15, 0.2) is 11.3 Å². The molecule has 0 fully saturated rings. The topological polar surface area (TPSA) is 52.3 Å². The van der Waals surface area contributed by atoms with Gasteiger partial charge in [-0.1, -0.05) is 13.8 Å². The van der Waals surface area contributed by atoms with Gasteiger partial charge in [0.25, 0.3) is 0 Å². The smallest absolute Gasteiger partial charge is 0.242 e. The Morgan fingerprint density at radius 2 is 1.89 bits per heavy atom. The van der Waals surface area contributed by atoms with Crippen molar-refractivity contribution in [3.63, 3.8) is 0 Å². The van der Waals surface area contributed by atoms with Crippen molar-refractivity contribution in [2.24, 2.45) is 11.3 Å². The fourth-order valence-electron chi connectivity index (χ4n) is 4.08. The highest BCUT2D eigenvalue weighted by atomic mass is 16.3. The molecule has 0 aromatic heterocycles. The molecule has 4 heteroatoms. The van der Waals surface area contributed by atoms with E-state index < -0.39 is 5.54 Å². The summed E-state index contributed by atoms with van der Waals surface area (Å²) in [6.07, 6.45) is 5.06. The monoisotopic (exact) mass is 267 g/mol. The number of hydrazine groups is 1. The van der Waals surface area contributed by atoms with Gasteiger partial charge in [-0.05, 0) is 43.1 Å². The number of nitrogens with one attached hydrogen (secondary N) is 1. The van der Waals surface area contributed by atoms with Crippen LogP contribution in [-0.2, 0) is 0 Å². The predicted molar refractivity (Wildman–Crippen MR) is 75.3 cm³/mol. The van der Waals surface area contributed by atoms with Gasteiger partial charge in [0.15, 0.2) is 0 Å². The number of nitrogens with zero attached hydrogens (tertiary/aromatic N) is 1. The molecule has 1 unspecified atom stereocenters. The number of aliphatic hydroxyl groups is 1. The van der Waals surface area contributed by atoms with Gasteiger partial charge in [0.1, 0.15) is 4.87 Å². The molecule has 0 spiro atoms. The van der Waals surface area contributed by atoms with Gasteiger partial charge in [-0.15, -0.1) is 5.43 Å². The van der Waals surface area contributed by atoms with E-state index in [0.29, 0.717) is 6.42 Å². The van der Waals surface area contributed by atoms with Crippen LogP contribution < -0.4 is 5.43 Å². The second-order valence-corrected chi connectivity index (χ2v) is 7.01. The molecule has 108 valence electrons. The van der Waals surface area contributed by atoms with E-state index in [2.05, 4.69) is 19.3 Å². The maximum absolute atomic E-state index is 12.5. The van der Waals surface area contributed by atoms with Crippen LogP contribution >= 0.6 is 0 Å². The van der Waals surface area contributed by atoms with Gasteiger partial charge in [0.2, 0.25) is 5.54 Å². The molecule has 0 radical (unpaired) electrons. The molecule has 0 aromatic carbocycles. The highest BCUT2D eigenvalue weighted by molar-refractivity contribution is 5.24. The molecule has 0 saturated carbocycles. The van der Waals surface area contributed by atoms with Gasteiger partial charge in [0, 0.05) is 26.4 Å². The molecule has 19 heavy (non-hydrogen) atoms. The minimum atomic E-state index is -0.524. The summed E-state index contributed by atoms with van der Waals surface area (Å²) in [6.45, 7) is 8.56. The molecular formula is C15H27N2O2+. The van der Waals surface area contributed by atoms with E-state index in [0.717, 1.165) is 29.8 Å². The second kappa shape index (κ2) is 4.89. The lowest BCUT2D eigenvalue weighted by Gasteiger charge is -2.39. The molecule has 2 rings (SSSR count). The Morgan fingerprint density at radius 3 is 2.53 bits per heavy atom. The van der Waals surface area contributed by atoms with E-state index in [-0.39, 0.29) is 17.9 Å². The molecule has 1 atom stereocenters. The number of rotatable bonds is 2. The number of hydrogen-bond donors (Lipinski definition) is 2. The van der Waals surface area contributed by atoms with Crippen molar-refractivity contribution in [1.82, 2.24) is 5.43 Å². The first-order chi connectivity index (χ1) is 8.81. The van der Waals surface area contributed by atoms with Crippen LogP contribution in [-0.4, -0.2) is 22.1 Å². The van der Waals surface area contributed by atoms with Crippen molar-refractivity contribution in [3.05, 3.63) is 16.2 Å². The van der Waals surface area contributed by atoms with Gasteiger partial charge in [-0.3, -0.25) is 0 Å². The maximum atomic E-state index is 12.5. The molecule has 1 aliphatic heterocycles. The van der Waals surface area contributed by atoms with E-state index in [4.69, 9.17) is 0 Å². The van der Waals surface area contributed by atoms with E-state index in [1.807, 2.05) is 13.8 Å². The van der Waals surface area contributed by atoms with Crippen LogP contribution in [0.1, 0.15) is 59.8 Å². The van der Waals surface area contributed by atoms with Crippen LogP contribution in [0.2, 0.25) is 0 Å². The Hall–Kier alpha value is -0.900. The Labute approximate surface area is 115 Å². The highest BCUT2D eigenvalue weighted by Crippen LogP contribution is 2.49. The largest absolute Gasteiger partial charge is 0.396 e. The molecule has 0 amide bonds. The molecule has 0 aromatic rings. The average molecular weight is 267 g/mol. The van der Waals surface area contributed by atoms with Crippen molar-refractivity contribution in [2.75, 3.05) is 6.61 Å². The fraction of sp³-hybridized carbons (Fsp3) is 0.867. The summed E-state index contributed by atoms with van der Waals surface area (Å²) in [7, 11) is 0. The van der Waals surface area contributed by atoms with Crippen LogP contribution in [0, 0.1) is 16.2 Å². The van der Waals surface area contributed by atoms with Gasteiger partial charge >= 0.3 is 0 Å². The first-order valence-electron chi connectivity index (χ1n) is 7.39. The molecule has 0 saturated heterocycles. The Morgan fingerprint density at radius 1 is 1.26 bits per heavy atom. The molecule has 4 nitrogen and oxygen atoms in total. The SMILES string of the molecule is CC1(C)C2=C(CCCC2)N[N+](=O)C(C)(C)C1CCO. The van der Waals surface area contributed by atoms with Crippen molar-refractivity contribution in [1.29, 1.82) is 0 Å². The van der Waals surface area contributed by atoms with Gasteiger partial charge < -0.3 is 5.11 Å². The lowest BCUT2D eigenvalue weighted by atomic mass is 9.62. The minimum absolute atomic E-state index is 0.0475. The average Bonchev–Trinajstić information content (AvgIpc) is 2.39. The molecule has 2 aliphatic rings. The third-order valence-corrected chi connectivity index (χ3v) is 5.15. The van der Waals surface area contributed by atoms with Crippen molar-refractivity contribution < 1.29 is 9.98 Å². The first-order valence-corrected chi connectivity index (χ1v) is 7.39. The minimum Gasteiger partial charge on any atom is -0.396 e. The molecule has 2 N–H and O–H groups in total. The van der Waals surface area contributed by atoms with E-state index in [9.17, 15) is 10.0 Å². The number of aliphatic hydroxyl groups excluding tert-OH is 1. The summed E-state index contributed by atoms with van der Waals surface area (Å²) >= 11 is 0. The second-order valence-electron chi connectivity index (χ2n) is 7.01. The van der Waals surface area contributed by atoms with E-state index in [1.165, 1.54) is 12.0 Å². The summed E-state index contributed by atoms with van der Waals surface area (Å²) in [4.78, 5) is 13.5. The zero-order valence-corrected chi connectivity index (χ0v) is 12.6. The standard InChI is InChI=1S/C15H27N2O2/c1-14(2)11-7-5-6-8-12(11)16-17(19)15(3,4)13(14)9-10-18/h13,18H,5-10H2,1-4H3,(H,16,19)/q+1. The summed E-state index contributed by atoms with van der Waals surface area (Å²) < 4.78 is 0. The Balaban J connectivity index is 2.50. The van der Waals surface area contributed by atoms with Gasteiger partial charge in [-0.2, -0.15) is 0 Å². The summed E-state index contributed by atoms with van der Waals surface area (Å²) in [5, 5.41) is 9.40. The Kier molecular flexibility index (Phi) is 3.74. The predicted octanol–water partition coefficient (Wildman–Crippen LogP) is 2.92. The van der Waals surface area contributed by atoms with Crippen molar-refractivity contribution in [3.8, 4) is 0 Å². The normalized spacial score (nSPS) is 29.5. The summed E-state index contributed by atoms with van der Waals surface area (Å²) in [5.41, 5.74) is 5.04. The number of allylic oxidation sites excluding steroid dienone is 2. The van der Waals surface area contributed by atoms with E-state index in [1.54, 1.807) is 0 Å². The lowest BCUT2D eigenvalue weighted by molar-refractivity contribution is -0.674. The summed E-state index contributed by atoms with van der Waals surface area (Å²) in [5.74, 6) is 0.139.